The molecule has 2 atom stereocenters. The molecule has 0 aromatic rings. The molecule has 0 spiro atoms. The molecule has 0 heterocycles. The second-order valence-electron chi connectivity index (χ2n) is 12.1. The number of hydrogen-bond acceptors (Lipinski definition) is 4. The Kier molecular flexibility index (Phi) is 32.2. The molecule has 0 saturated carbocycles. The minimum absolute atomic E-state index is 0.265. The molecule has 0 aliphatic rings. The third-order valence-corrected chi connectivity index (χ3v) is 8.26. The van der Waals surface area contributed by atoms with Crippen LogP contribution in [0, 0.1) is 0 Å². The molecule has 48 heavy (non-hydrogen) atoms. The van der Waals surface area contributed by atoms with E-state index in [0.29, 0.717) is 12.8 Å². The van der Waals surface area contributed by atoms with Crippen molar-refractivity contribution in [2.45, 2.75) is 148 Å². The Balaban J connectivity index is 3.99. The number of allylic oxidation sites excluding steroid dienone is 15. The van der Waals surface area contributed by atoms with Crippen LogP contribution in [0.3, 0.4) is 0 Å². The quantitative estimate of drug-likeness (QED) is 0.0383. The van der Waals surface area contributed by atoms with Crippen LogP contribution >= 0.6 is 0 Å². The van der Waals surface area contributed by atoms with E-state index >= 15 is 0 Å². The fourth-order valence-electron chi connectivity index (χ4n) is 4.81. The molecular weight excluding hydrogens is 619 g/mol. The Morgan fingerprint density at radius 3 is 1.48 bits per heavy atom. The Labute approximate surface area is 294 Å². The molecule has 3 N–H and O–H groups in total. The lowest BCUT2D eigenvalue weighted by Crippen LogP contribution is -2.46. The van der Waals surface area contributed by atoms with Crippen LogP contribution in [0.15, 0.2) is 97.2 Å². The highest BCUT2D eigenvalue weighted by Gasteiger charge is 2.24. The zero-order valence-corrected chi connectivity index (χ0v) is 30.9. The first kappa shape index (κ1) is 45.3. The number of aliphatic hydroxyl groups excluding tert-OH is 1. The van der Waals surface area contributed by atoms with Crippen molar-refractivity contribution in [3.8, 4) is 0 Å². The molecule has 272 valence electrons. The monoisotopic (exact) mass is 685 g/mol. The van der Waals surface area contributed by atoms with Gasteiger partial charge in [-0.25, -0.2) is 0 Å². The van der Waals surface area contributed by atoms with E-state index in [9.17, 15) is 22.9 Å². The van der Waals surface area contributed by atoms with Gasteiger partial charge in [0.2, 0.25) is 5.91 Å². The van der Waals surface area contributed by atoms with Gasteiger partial charge in [0.15, 0.2) is 0 Å². The summed E-state index contributed by atoms with van der Waals surface area (Å²) in [4.78, 5) is 12.4. The predicted molar refractivity (Wildman–Crippen MR) is 207 cm³/mol. The van der Waals surface area contributed by atoms with Crippen molar-refractivity contribution < 1.29 is 22.9 Å². The zero-order valence-electron chi connectivity index (χ0n) is 30.1. The second kappa shape index (κ2) is 34.1. The van der Waals surface area contributed by atoms with Crippen LogP contribution in [0.2, 0.25) is 0 Å². The van der Waals surface area contributed by atoms with E-state index in [1.807, 2.05) is 0 Å². The largest absolute Gasteiger partial charge is 0.387 e. The zero-order chi connectivity index (χ0) is 35.4. The van der Waals surface area contributed by atoms with Gasteiger partial charge in [0.25, 0.3) is 10.1 Å². The molecule has 0 saturated heterocycles. The third-order valence-electron chi connectivity index (χ3n) is 7.48. The van der Waals surface area contributed by atoms with Gasteiger partial charge >= 0.3 is 0 Å². The van der Waals surface area contributed by atoms with Crippen LogP contribution in [0.25, 0.3) is 0 Å². The van der Waals surface area contributed by atoms with Crippen LogP contribution in [-0.4, -0.2) is 41.9 Å². The van der Waals surface area contributed by atoms with Gasteiger partial charge in [0.05, 0.1) is 17.9 Å². The average molecular weight is 686 g/mol. The van der Waals surface area contributed by atoms with Crippen molar-refractivity contribution in [3.05, 3.63) is 97.2 Å². The molecule has 1 amide bonds. The smallest absolute Gasteiger partial charge is 0.267 e. The van der Waals surface area contributed by atoms with Gasteiger partial charge in [-0.2, -0.15) is 8.42 Å². The van der Waals surface area contributed by atoms with Gasteiger partial charge in [-0.05, 0) is 83.5 Å². The first-order chi connectivity index (χ1) is 23.3. The van der Waals surface area contributed by atoms with Crippen molar-refractivity contribution in [2.75, 3.05) is 5.75 Å². The molecule has 0 radical (unpaired) electrons. The molecular formula is C41H67NO5S. The Morgan fingerprint density at radius 1 is 0.562 bits per heavy atom. The van der Waals surface area contributed by atoms with Gasteiger partial charge in [-0.3, -0.25) is 9.35 Å². The number of nitrogens with one attached hydrogen (secondary N) is 1. The van der Waals surface area contributed by atoms with Gasteiger partial charge in [0, 0.05) is 6.42 Å². The number of carbonyl (C=O) groups is 1. The van der Waals surface area contributed by atoms with Crippen molar-refractivity contribution in [1.82, 2.24) is 5.32 Å². The number of rotatable bonds is 31. The molecule has 0 aliphatic heterocycles. The summed E-state index contributed by atoms with van der Waals surface area (Å²) in [5.74, 6) is -1.04. The van der Waals surface area contributed by atoms with Gasteiger partial charge in [-0.1, -0.05) is 143 Å². The topological polar surface area (TPSA) is 104 Å². The van der Waals surface area contributed by atoms with Crippen LogP contribution in [0.5, 0.6) is 0 Å². The molecule has 0 aliphatic carbocycles. The van der Waals surface area contributed by atoms with Gasteiger partial charge in [-0.15, -0.1) is 0 Å². The van der Waals surface area contributed by atoms with Crippen molar-refractivity contribution in [2.24, 2.45) is 0 Å². The highest BCUT2D eigenvalue weighted by atomic mass is 32.2. The van der Waals surface area contributed by atoms with E-state index in [1.54, 1.807) is 6.08 Å². The minimum atomic E-state index is -4.36. The number of hydrogen-bond donors (Lipinski definition) is 3. The minimum Gasteiger partial charge on any atom is -0.387 e. The maximum atomic E-state index is 12.4. The lowest BCUT2D eigenvalue weighted by Gasteiger charge is -2.21. The van der Waals surface area contributed by atoms with Crippen molar-refractivity contribution >= 4 is 16.0 Å². The van der Waals surface area contributed by atoms with Gasteiger partial charge < -0.3 is 10.4 Å². The fraction of sp³-hybridized carbons (Fsp3) is 0.585. The normalized spacial score (nSPS) is 14.5. The van der Waals surface area contributed by atoms with E-state index in [4.69, 9.17) is 0 Å². The Hall–Kier alpha value is -2.74. The molecule has 2 unspecified atom stereocenters. The molecule has 0 aromatic heterocycles. The van der Waals surface area contributed by atoms with Crippen LogP contribution in [0.4, 0.5) is 0 Å². The highest BCUT2D eigenvalue weighted by molar-refractivity contribution is 7.85. The fourth-order valence-corrected chi connectivity index (χ4v) is 5.54. The molecule has 0 rings (SSSR count). The van der Waals surface area contributed by atoms with Crippen LogP contribution < -0.4 is 5.32 Å². The standard InChI is InChI=1S/C41H67NO5S/c1-3-5-7-9-11-13-15-16-17-18-19-20-21-22-23-24-25-26-27-29-31-33-35-37-41(44)42-39(38-48(45,46)47)40(43)36-34-32-30-28-14-12-10-8-6-4-2/h5-8,11,13-14,16-17,19-20,22-23,28,34,36,39-40,43H,3-4,9-10,12,15,18,21,24-27,29-33,35,37-38H2,1-2H3,(H,42,44)(H,45,46,47)/b7-5-,8-6+,13-11-,17-16-,20-19-,23-22-,28-14+,36-34+. The third kappa shape index (κ3) is 34.6. The summed E-state index contributed by atoms with van der Waals surface area (Å²) in [6, 6.07) is -1.09. The number of unbranched alkanes of at least 4 members (excludes halogenated alkanes) is 9. The van der Waals surface area contributed by atoms with Crippen LogP contribution in [0.1, 0.15) is 136 Å². The van der Waals surface area contributed by atoms with Crippen molar-refractivity contribution in [1.29, 1.82) is 0 Å². The molecule has 0 aromatic carbocycles. The molecule has 7 heteroatoms. The molecule has 6 nitrogen and oxygen atoms in total. The summed E-state index contributed by atoms with van der Waals surface area (Å²) in [6.07, 6.45) is 51.2. The predicted octanol–water partition coefficient (Wildman–Crippen LogP) is 10.6. The second-order valence-corrected chi connectivity index (χ2v) is 13.6. The van der Waals surface area contributed by atoms with Gasteiger partial charge in [0.1, 0.15) is 0 Å². The van der Waals surface area contributed by atoms with E-state index in [-0.39, 0.29) is 12.3 Å². The van der Waals surface area contributed by atoms with Crippen molar-refractivity contribution in [3.63, 3.8) is 0 Å². The first-order valence-corrected chi connectivity index (χ1v) is 20.0. The summed E-state index contributed by atoms with van der Waals surface area (Å²) in [6.45, 7) is 4.26. The van der Waals surface area contributed by atoms with E-state index < -0.39 is 28.0 Å². The molecule has 0 bridgehead atoms. The van der Waals surface area contributed by atoms with E-state index in [0.717, 1.165) is 83.5 Å². The number of aliphatic hydroxyl groups is 1. The highest BCUT2D eigenvalue weighted by Crippen LogP contribution is 2.11. The van der Waals surface area contributed by atoms with Crippen LogP contribution in [-0.2, 0) is 14.9 Å². The number of amides is 1. The Bertz CT molecular complexity index is 1110. The number of carbonyl (C=O) groups excluding carboxylic acids is 1. The van der Waals surface area contributed by atoms with E-state index in [1.165, 1.54) is 25.3 Å². The Morgan fingerprint density at radius 2 is 0.958 bits per heavy atom. The SMILES string of the molecule is CC/C=C\C/C=C\C/C=C\C/C=C\C/C=C\CCCCCCCCCC(=O)NC(CS(=O)(=O)O)C(O)/C=C/CC/C=C/CC/C=C/CC. The molecule has 0 fully saturated rings. The first-order valence-electron chi connectivity index (χ1n) is 18.4. The summed E-state index contributed by atoms with van der Waals surface area (Å²) in [5.41, 5.74) is 0. The lowest BCUT2D eigenvalue weighted by molar-refractivity contribution is -0.122. The van der Waals surface area contributed by atoms with E-state index in [2.05, 4.69) is 104 Å². The maximum absolute atomic E-state index is 12.4. The summed E-state index contributed by atoms with van der Waals surface area (Å²) < 4.78 is 32.3. The average Bonchev–Trinajstić information content (AvgIpc) is 3.05. The lowest BCUT2D eigenvalue weighted by atomic mass is 10.1. The summed E-state index contributed by atoms with van der Waals surface area (Å²) in [5, 5.41) is 13.1. The maximum Gasteiger partial charge on any atom is 0.267 e. The summed E-state index contributed by atoms with van der Waals surface area (Å²) in [7, 11) is -4.36. The summed E-state index contributed by atoms with van der Waals surface area (Å²) >= 11 is 0.